The maximum absolute atomic E-state index is 13.6. The lowest BCUT2D eigenvalue weighted by Gasteiger charge is -2.13. The minimum absolute atomic E-state index is 0.00467. The van der Waals surface area contributed by atoms with Gasteiger partial charge in [-0.05, 0) is 24.3 Å². The molecule has 0 aromatic heterocycles. The summed E-state index contributed by atoms with van der Waals surface area (Å²) in [7, 11) is 0. The Morgan fingerprint density at radius 1 is 1.10 bits per heavy atom. The number of alkyl halides is 2. The number of hydrogen-bond donors (Lipinski definition) is 1. The number of anilines is 1. The molecular formula is C14H11ClF3NO. The summed E-state index contributed by atoms with van der Waals surface area (Å²) in [4.78, 5) is 0. The molecule has 0 heterocycles. The van der Waals surface area contributed by atoms with Crippen molar-refractivity contribution in [3.8, 4) is 5.75 Å². The quantitative estimate of drug-likeness (QED) is 0.865. The van der Waals surface area contributed by atoms with Crippen LogP contribution in [-0.2, 0) is 6.54 Å². The summed E-state index contributed by atoms with van der Waals surface area (Å²) in [5.74, 6) is -0.466. The smallest absolute Gasteiger partial charge is 0.387 e. The van der Waals surface area contributed by atoms with Crippen LogP contribution in [0.3, 0.4) is 0 Å². The van der Waals surface area contributed by atoms with Crippen LogP contribution in [0, 0.1) is 5.82 Å². The van der Waals surface area contributed by atoms with Crippen LogP contribution in [0.25, 0.3) is 0 Å². The first-order valence-electron chi connectivity index (χ1n) is 5.78. The predicted octanol–water partition coefficient (Wildman–Crippen LogP) is 4.69. The molecule has 0 aliphatic rings. The molecule has 20 heavy (non-hydrogen) atoms. The molecule has 2 aromatic rings. The van der Waals surface area contributed by atoms with Gasteiger partial charge >= 0.3 is 6.61 Å². The molecule has 0 amide bonds. The van der Waals surface area contributed by atoms with Gasteiger partial charge in [-0.3, -0.25) is 0 Å². The molecule has 6 heteroatoms. The van der Waals surface area contributed by atoms with Crippen molar-refractivity contribution < 1.29 is 17.9 Å². The van der Waals surface area contributed by atoms with Gasteiger partial charge in [0.05, 0.1) is 5.69 Å². The van der Waals surface area contributed by atoms with Crippen molar-refractivity contribution >= 4 is 17.3 Å². The fourth-order valence-corrected chi connectivity index (χ4v) is 1.93. The average molecular weight is 302 g/mol. The average Bonchev–Trinajstić information content (AvgIpc) is 2.39. The number of ether oxygens (including phenoxy) is 1. The Labute approximate surface area is 119 Å². The maximum atomic E-state index is 13.6. The topological polar surface area (TPSA) is 21.3 Å². The summed E-state index contributed by atoms with van der Waals surface area (Å²) >= 11 is 5.89. The van der Waals surface area contributed by atoms with E-state index in [2.05, 4.69) is 10.1 Å². The summed E-state index contributed by atoms with van der Waals surface area (Å²) in [6, 6.07) is 10.5. The van der Waals surface area contributed by atoms with E-state index in [1.165, 1.54) is 18.2 Å². The first kappa shape index (κ1) is 14.5. The minimum Gasteiger partial charge on any atom is -0.433 e. The van der Waals surface area contributed by atoms with Gasteiger partial charge < -0.3 is 10.1 Å². The molecule has 0 fully saturated rings. The number of halogens is 4. The van der Waals surface area contributed by atoms with Gasteiger partial charge in [0.2, 0.25) is 0 Å². The van der Waals surface area contributed by atoms with Crippen LogP contribution in [0.4, 0.5) is 18.9 Å². The van der Waals surface area contributed by atoms with Gasteiger partial charge in [0.15, 0.2) is 0 Å². The highest BCUT2D eigenvalue weighted by Crippen LogP contribution is 2.27. The molecule has 0 aliphatic heterocycles. The van der Waals surface area contributed by atoms with Crippen molar-refractivity contribution in [3.63, 3.8) is 0 Å². The molecule has 0 saturated carbocycles. The first-order chi connectivity index (χ1) is 9.58. The minimum atomic E-state index is -2.92. The summed E-state index contributed by atoms with van der Waals surface area (Å²) < 4.78 is 42.5. The van der Waals surface area contributed by atoms with Crippen molar-refractivity contribution in [1.82, 2.24) is 0 Å². The fourth-order valence-electron chi connectivity index (χ4n) is 1.70. The van der Waals surface area contributed by atoms with Gasteiger partial charge in [-0.1, -0.05) is 29.8 Å². The molecule has 106 valence electrons. The Morgan fingerprint density at radius 2 is 1.85 bits per heavy atom. The van der Waals surface area contributed by atoms with Gasteiger partial charge in [-0.25, -0.2) is 4.39 Å². The second-order valence-electron chi connectivity index (χ2n) is 3.93. The monoisotopic (exact) mass is 301 g/mol. The Hall–Kier alpha value is -1.88. The van der Waals surface area contributed by atoms with Crippen molar-refractivity contribution in [2.75, 3.05) is 5.32 Å². The van der Waals surface area contributed by atoms with Crippen molar-refractivity contribution in [2.45, 2.75) is 13.2 Å². The van der Waals surface area contributed by atoms with Gasteiger partial charge in [-0.2, -0.15) is 8.78 Å². The zero-order chi connectivity index (χ0) is 14.5. The number of benzene rings is 2. The third-order valence-electron chi connectivity index (χ3n) is 2.62. The zero-order valence-electron chi connectivity index (χ0n) is 10.2. The van der Waals surface area contributed by atoms with E-state index in [0.29, 0.717) is 5.69 Å². The van der Waals surface area contributed by atoms with Crippen LogP contribution in [0.5, 0.6) is 5.75 Å². The lowest BCUT2D eigenvalue weighted by molar-refractivity contribution is -0.0493. The molecule has 2 nitrogen and oxygen atoms in total. The Bertz CT molecular complexity index is 572. The van der Waals surface area contributed by atoms with E-state index in [0.717, 1.165) is 0 Å². The second-order valence-corrected chi connectivity index (χ2v) is 4.34. The highest BCUT2D eigenvalue weighted by Gasteiger charge is 2.11. The van der Waals surface area contributed by atoms with Crippen LogP contribution in [0.2, 0.25) is 5.02 Å². The van der Waals surface area contributed by atoms with Gasteiger partial charge in [0.25, 0.3) is 0 Å². The summed E-state index contributed by atoms with van der Waals surface area (Å²) in [5.41, 5.74) is 0.605. The molecule has 1 N–H and O–H groups in total. The molecule has 0 bridgehead atoms. The summed E-state index contributed by atoms with van der Waals surface area (Å²) in [6.45, 7) is -2.86. The highest BCUT2D eigenvalue weighted by atomic mass is 35.5. The normalized spacial score (nSPS) is 10.7. The third-order valence-corrected chi connectivity index (χ3v) is 2.97. The lowest BCUT2D eigenvalue weighted by Crippen LogP contribution is -2.07. The zero-order valence-corrected chi connectivity index (χ0v) is 11.0. The SMILES string of the molecule is Fc1cccc(Cl)c1CNc1ccccc1OC(F)F. The van der Waals surface area contributed by atoms with E-state index in [9.17, 15) is 13.2 Å². The summed E-state index contributed by atoms with van der Waals surface area (Å²) in [5, 5.41) is 3.10. The molecular weight excluding hydrogens is 291 g/mol. The second kappa shape index (κ2) is 6.52. The van der Waals surface area contributed by atoms with E-state index in [-0.39, 0.29) is 22.9 Å². The number of nitrogens with one attached hydrogen (secondary N) is 1. The van der Waals surface area contributed by atoms with Crippen molar-refractivity contribution in [3.05, 3.63) is 58.9 Å². The summed E-state index contributed by atoms with van der Waals surface area (Å²) in [6.07, 6.45) is 0. The molecule has 0 radical (unpaired) electrons. The first-order valence-corrected chi connectivity index (χ1v) is 6.16. The van der Waals surface area contributed by atoms with Crippen molar-refractivity contribution in [1.29, 1.82) is 0 Å². The third kappa shape index (κ3) is 3.57. The van der Waals surface area contributed by atoms with Gasteiger partial charge in [0.1, 0.15) is 11.6 Å². The van der Waals surface area contributed by atoms with E-state index < -0.39 is 12.4 Å². The molecule has 0 unspecified atom stereocenters. The lowest BCUT2D eigenvalue weighted by atomic mass is 10.2. The Kier molecular flexibility index (Phi) is 4.74. The molecule has 0 saturated heterocycles. The molecule has 0 aliphatic carbocycles. The fraction of sp³-hybridized carbons (Fsp3) is 0.143. The Balaban J connectivity index is 2.15. The van der Waals surface area contributed by atoms with E-state index >= 15 is 0 Å². The predicted molar refractivity (Wildman–Crippen MR) is 71.8 cm³/mol. The molecule has 0 atom stereocenters. The molecule has 2 rings (SSSR count). The van der Waals surface area contributed by atoms with Crippen LogP contribution in [0.15, 0.2) is 42.5 Å². The highest BCUT2D eigenvalue weighted by molar-refractivity contribution is 6.31. The molecule has 0 spiro atoms. The van der Waals surface area contributed by atoms with E-state index in [1.54, 1.807) is 24.3 Å². The maximum Gasteiger partial charge on any atom is 0.387 e. The number of para-hydroxylation sites is 2. The van der Waals surface area contributed by atoms with E-state index in [1.807, 2.05) is 0 Å². The van der Waals surface area contributed by atoms with Crippen LogP contribution >= 0.6 is 11.6 Å². The van der Waals surface area contributed by atoms with Gasteiger partial charge in [-0.15, -0.1) is 0 Å². The van der Waals surface area contributed by atoms with Crippen LogP contribution in [-0.4, -0.2) is 6.61 Å². The van der Waals surface area contributed by atoms with Crippen molar-refractivity contribution in [2.24, 2.45) is 0 Å². The largest absolute Gasteiger partial charge is 0.433 e. The Morgan fingerprint density at radius 3 is 2.55 bits per heavy atom. The number of rotatable bonds is 5. The standard InChI is InChI=1S/C14H11ClF3NO/c15-10-4-3-5-11(16)9(10)8-19-12-6-1-2-7-13(12)20-14(17)18/h1-7,14,19H,8H2. The van der Waals surface area contributed by atoms with Crippen LogP contribution < -0.4 is 10.1 Å². The van der Waals surface area contributed by atoms with E-state index in [4.69, 9.17) is 11.6 Å². The van der Waals surface area contributed by atoms with Gasteiger partial charge in [0, 0.05) is 17.1 Å². The molecule has 2 aromatic carbocycles. The number of hydrogen-bond acceptors (Lipinski definition) is 2. The van der Waals surface area contributed by atoms with Crippen LogP contribution in [0.1, 0.15) is 5.56 Å².